The number of ketones is 1. The summed E-state index contributed by atoms with van der Waals surface area (Å²) in [4.78, 5) is 112. The molecule has 410 valence electrons. The molecule has 0 bridgehead atoms. The van der Waals surface area contributed by atoms with Gasteiger partial charge in [-0.1, -0.05) is 44.8 Å². The molecular formula is C43H62N4O23S3. The maximum atomic E-state index is 14.7. The third kappa shape index (κ3) is 15.5. The number of carbonyl (C=O) groups is 9. The summed E-state index contributed by atoms with van der Waals surface area (Å²) < 4.78 is 40.6. The number of amides is 2. The lowest BCUT2D eigenvalue weighted by molar-refractivity contribution is -0.345. The number of hydrogen-bond donors (Lipinski definition) is 11. The molecule has 30 heteroatoms. The highest BCUT2D eigenvalue weighted by atomic mass is 32.2. The van der Waals surface area contributed by atoms with Crippen LogP contribution in [0.1, 0.15) is 68.2 Å². The number of ether oxygens (including phenoxy) is 7. The second-order valence-electron chi connectivity index (χ2n) is 17.5. The van der Waals surface area contributed by atoms with E-state index in [0.717, 1.165) is 32.5 Å². The average Bonchev–Trinajstić information content (AvgIpc) is 3.28. The Hall–Kier alpha value is -5.05. The molecule has 1 aliphatic carbocycles. The molecule has 0 radical (unpaired) electrons. The Bertz CT molecular complexity index is 2180. The van der Waals surface area contributed by atoms with Gasteiger partial charge < -0.3 is 84.9 Å². The fourth-order valence-electron chi connectivity index (χ4n) is 7.94. The fourth-order valence-corrected chi connectivity index (χ4v) is 10.1. The number of carboxylic acids is 3. The van der Waals surface area contributed by atoms with Crippen molar-refractivity contribution in [1.29, 1.82) is 5.41 Å². The van der Waals surface area contributed by atoms with E-state index >= 15 is 0 Å². The maximum Gasteiger partial charge on any atom is 0.341 e. The second-order valence-corrected chi connectivity index (χ2v) is 20.7. The van der Waals surface area contributed by atoms with Gasteiger partial charge in [-0.15, -0.1) is 0 Å². The standard InChI is InChI=1S/C43H62N4O23S3/c1-15(2)39(60)67-18(5)43(63)17(4)66-27(10-26(43)64-9)69-33-31(52)35(42(62)11-24(51)29(44)28(34(42)53)38(58)59)68-25(12-65-21(8)50)32(33)70-40(61)30(16(3)72-13-22(36(54)55)45-19(6)48)47-41(71)73-14-23(37(56)57)46-20(7)49/h15-18,22-23,25-27,30-33,35,44,52-53,62-63H,10-14H2,1-9H3,(H,45,48)(H,46,49)(H,47,71)(H,54,55)(H,56,57)(H,58,59)/t16?,17-,18+,22-,23-,25+,26-,27-,30?,31+,32+,33-,35?,42+,43-/m0/s1. The van der Waals surface area contributed by atoms with Crippen molar-refractivity contribution in [3.63, 3.8) is 0 Å². The number of methoxy groups -OCH3 is 1. The molecule has 0 aromatic heterocycles. The van der Waals surface area contributed by atoms with E-state index in [0.29, 0.717) is 11.8 Å². The number of hydrogen-bond acceptors (Lipinski definition) is 24. The molecule has 2 fully saturated rings. The first-order valence-electron chi connectivity index (χ1n) is 22.3. The lowest BCUT2D eigenvalue weighted by Crippen LogP contribution is -2.70. The van der Waals surface area contributed by atoms with Gasteiger partial charge >= 0.3 is 35.8 Å². The number of aliphatic hydroxyl groups is 4. The molecule has 3 unspecified atom stereocenters. The van der Waals surface area contributed by atoms with Crippen LogP contribution >= 0.6 is 35.7 Å². The van der Waals surface area contributed by atoms with Crippen LogP contribution in [0.25, 0.3) is 0 Å². The number of aliphatic carboxylic acids is 3. The van der Waals surface area contributed by atoms with Crippen LogP contribution in [-0.2, 0) is 76.3 Å². The summed E-state index contributed by atoms with van der Waals surface area (Å²) in [6.45, 7) is 9.44. The van der Waals surface area contributed by atoms with E-state index in [1.807, 2.05) is 0 Å². The largest absolute Gasteiger partial charge is 0.508 e. The van der Waals surface area contributed by atoms with Crippen LogP contribution in [-0.4, -0.2) is 214 Å². The third-order valence-electron chi connectivity index (χ3n) is 11.8. The normalized spacial score (nSPS) is 29.4. The smallest absolute Gasteiger partial charge is 0.341 e. The summed E-state index contributed by atoms with van der Waals surface area (Å²) in [5.41, 5.74) is -7.85. The number of esters is 3. The van der Waals surface area contributed by atoms with Gasteiger partial charge in [-0.2, -0.15) is 11.8 Å². The summed E-state index contributed by atoms with van der Waals surface area (Å²) in [7, 11) is 1.20. The van der Waals surface area contributed by atoms with E-state index < -0.39 is 186 Å². The number of rotatable bonds is 23. The first-order chi connectivity index (χ1) is 33.8. The number of carbonyl (C=O) groups excluding carboxylic acids is 6. The van der Waals surface area contributed by atoms with Crippen molar-refractivity contribution in [2.24, 2.45) is 5.92 Å². The zero-order valence-electron chi connectivity index (χ0n) is 41.0. The Balaban J connectivity index is 2.23. The van der Waals surface area contributed by atoms with Gasteiger partial charge in [0, 0.05) is 51.1 Å². The molecule has 73 heavy (non-hydrogen) atoms. The van der Waals surface area contributed by atoms with Gasteiger partial charge in [0.15, 0.2) is 29.4 Å². The summed E-state index contributed by atoms with van der Waals surface area (Å²) >= 11 is 6.90. The van der Waals surface area contributed by atoms with Gasteiger partial charge in [0.25, 0.3) is 0 Å². The molecule has 2 amide bonds. The quantitative estimate of drug-likeness (QED) is 0.0310. The number of thiocarbonyl (C=S) groups is 1. The third-order valence-corrected chi connectivity index (χ3v) is 14.5. The van der Waals surface area contributed by atoms with Crippen molar-refractivity contribution in [3.8, 4) is 0 Å². The van der Waals surface area contributed by atoms with Crippen LogP contribution in [0.5, 0.6) is 0 Å². The van der Waals surface area contributed by atoms with Gasteiger partial charge in [-0.05, 0) is 13.8 Å². The van der Waals surface area contributed by atoms with Crippen LogP contribution in [0.2, 0.25) is 0 Å². The SMILES string of the molecule is CO[C@H]1C[C@H](O[C@@H]2[C@H](OC(=O)C(NC(=S)SC[C@H](NC(C)=O)C(=O)O)C(C)SC[C@H](NC(C)=O)C(=O)O)[C@@H](COC(C)=O)OC([C@@]3(O)CC(=O)C(=N)C(C(=O)O)=C3O)[C@@H]2O)O[C@@H](C)[C@]1(O)[C@@H](C)OC(=O)C(C)C. The Labute approximate surface area is 431 Å². The van der Waals surface area contributed by atoms with E-state index in [9.17, 15) is 78.9 Å². The number of Topliss-reactive ketones (excluding diaryl/α,β-unsaturated/α-hetero) is 1. The second kappa shape index (κ2) is 26.4. The molecule has 2 saturated heterocycles. The van der Waals surface area contributed by atoms with Crippen LogP contribution < -0.4 is 16.0 Å². The molecule has 0 spiro atoms. The summed E-state index contributed by atoms with van der Waals surface area (Å²) in [5.74, 6) is -13.5. The van der Waals surface area contributed by atoms with Gasteiger partial charge in [0.1, 0.15) is 76.6 Å². The van der Waals surface area contributed by atoms with Crippen molar-refractivity contribution in [3.05, 3.63) is 11.3 Å². The number of carboxylic acid groups (broad SMARTS) is 3. The molecule has 27 nitrogen and oxygen atoms in total. The van der Waals surface area contributed by atoms with Crippen LogP contribution in [0.15, 0.2) is 11.3 Å². The molecule has 3 aliphatic rings. The van der Waals surface area contributed by atoms with Crippen molar-refractivity contribution in [2.75, 3.05) is 25.2 Å². The summed E-state index contributed by atoms with van der Waals surface area (Å²) in [5, 5.41) is 91.2. The average molecular weight is 1100 g/mol. The lowest BCUT2D eigenvalue weighted by atomic mass is 9.74. The van der Waals surface area contributed by atoms with E-state index in [2.05, 4.69) is 16.0 Å². The van der Waals surface area contributed by atoms with E-state index in [-0.39, 0.29) is 15.8 Å². The number of thioether (sulfide) groups is 2. The number of aliphatic hydroxyl groups excluding tert-OH is 2. The Morgan fingerprint density at radius 1 is 0.890 bits per heavy atom. The van der Waals surface area contributed by atoms with Gasteiger partial charge in [-0.25, -0.2) is 19.2 Å². The van der Waals surface area contributed by atoms with E-state index in [4.69, 9.17) is 50.8 Å². The topological polar surface area (TPSA) is 420 Å². The van der Waals surface area contributed by atoms with Crippen molar-refractivity contribution < 1.29 is 112 Å². The van der Waals surface area contributed by atoms with Gasteiger partial charge in [0.05, 0.1) is 24.5 Å². The minimum atomic E-state index is -3.19. The zero-order valence-corrected chi connectivity index (χ0v) is 43.5. The fraction of sp³-hybridized carbons (Fsp3) is 0.698. The van der Waals surface area contributed by atoms with Crippen molar-refractivity contribution in [2.45, 2.75) is 158 Å². The maximum absolute atomic E-state index is 14.7. The van der Waals surface area contributed by atoms with Crippen LogP contribution in [0.3, 0.4) is 0 Å². The molecule has 11 N–H and O–H groups in total. The molecule has 0 saturated carbocycles. The van der Waals surface area contributed by atoms with Gasteiger partial charge in [0.2, 0.25) is 11.8 Å². The molecule has 2 aliphatic heterocycles. The predicted octanol–water partition coefficient (Wildman–Crippen LogP) is -1.66. The van der Waals surface area contributed by atoms with Gasteiger partial charge in [-0.3, -0.25) is 29.4 Å². The molecule has 2 heterocycles. The van der Waals surface area contributed by atoms with E-state index in [1.54, 1.807) is 13.8 Å². The Morgan fingerprint density at radius 2 is 1.47 bits per heavy atom. The highest BCUT2D eigenvalue weighted by Crippen LogP contribution is 2.42. The lowest BCUT2D eigenvalue weighted by Gasteiger charge is -2.52. The van der Waals surface area contributed by atoms with Crippen molar-refractivity contribution in [1.82, 2.24) is 16.0 Å². The predicted molar refractivity (Wildman–Crippen MR) is 255 cm³/mol. The van der Waals surface area contributed by atoms with E-state index in [1.165, 1.54) is 27.9 Å². The Kier molecular flexibility index (Phi) is 22.5. The monoisotopic (exact) mass is 1100 g/mol. The van der Waals surface area contributed by atoms with Crippen LogP contribution in [0, 0.1) is 11.3 Å². The number of nitrogens with one attached hydrogen (secondary N) is 4. The highest BCUT2D eigenvalue weighted by molar-refractivity contribution is 8.23. The summed E-state index contributed by atoms with van der Waals surface area (Å²) in [6, 6.07) is -4.65. The highest BCUT2D eigenvalue weighted by Gasteiger charge is 2.62. The zero-order chi connectivity index (χ0) is 55.6. The molecule has 3 rings (SSSR count). The Morgan fingerprint density at radius 3 is 1.97 bits per heavy atom. The molecule has 15 atom stereocenters. The first-order valence-corrected chi connectivity index (χ1v) is 24.8. The van der Waals surface area contributed by atoms with Crippen LogP contribution in [0.4, 0.5) is 0 Å². The summed E-state index contributed by atoms with van der Waals surface area (Å²) in [6.07, 6.45) is -18.1. The molecule has 0 aromatic carbocycles. The minimum absolute atomic E-state index is 0.269. The molecular weight excluding hydrogens is 1040 g/mol. The minimum Gasteiger partial charge on any atom is -0.508 e. The first kappa shape index (κ1) is 62.2. The van der Waals surface area contributed by atoms with Crippen molar-refractivity contribution >= 4 is 99.2 Å². The molecule has 0 aromatic rings.